The molecule has 142 valence electrons. The van der Waals surface area contributed by atoms with Crippen LogP contribution in [0.1, 0.15) is 81.5 Å². The third-order valence-corrected chi connectivity index (χ3v) is 4.24. The van der Waals surface area contributed by atoms with Crippen LogP contribution < -0.4 is 4.74 Å². The summed E-state index contributed by atoms with van der Waals surface area (Å²) >= 11 is 0. The lowest BCUT2D eigenvalue weighted by Gasteiger charge is -2.07. The number of rotatable bonds is 16. The molecule has 1 N–H and O–H groups in total. The first-order chi connectivity index (χ1) is 12.2. The van der Waals surface area contributed by atoms with Crippen molar-refractivity contribution in [1.29, 1.82) is 0 Å². The molecule has 0 aromatic heterocycles. The Morgan fingerprint density at radius 2 is 1.36 bits per heavy atom. The molecule has 0 saturated carbocycles. The van der Waals surface area contributed by atoms with Crippen LogP contribution in [-0.4, -0.2) is 30.9 Å². The lowest BCUT2D eigenvalue weighted by atomic mass is 10.1. The molecule has 0 atom stereocenters. The van der Waals surface area contributed by atoms with E-state index in [1.54, 1.807) is 24.3 Å². The van der Waals surface area contributed by atoms with Crippen molar-refractivity contribution in [2.24, 2.45) is 0 Å². The van der Waals surface area contributed by atoms with Crippen LogP contribution in [0.4, 0.5) is 0 Å². The highest BCUT2D eigenvalue weighted by atomic mass is 16.5. The summed E-state index contributed by atoms with van der Waals surface area (Å²) < 4.78 is 11.1. The summed E-state index contributed by atoms with van der Waals surface area (Å²) in [5.74, 6) is -0.251. The van der Waals surface area contributed by atoms with Gasteiger partial charge >= 0.3 is 5.97 Å². The van der Waals surface area contributed by atoms with Crippen molar-refractivity contribution in [3.05, 3.63) is 29.8 Å². The lowest BCUT2D eigenvalue weighted by molar-refractivity contribution is 0.0696. The summed E-state index contributed by atoms with van der Waals surface area (Å²) in [7, 11) is 0. The van der Waals surface area contributed by atoms with Gasteiger partial charge in [-0.1, -0.05) is 64.7 Å². The van der Waals surface area contributed by atoms with Gasteiger partial charge in [-0.3, -0.25) is 0 Å². The van der Waals surface area contributed by atoms with Crippen LogP contribution in [0.25, 0.3) is 0 Å². The fourth-order valence-electron chi connectivity index (χ4n) is 2.71. The van der Waals surface area contributed by atoms with Crippen molar-refractivity contribution in [2.45, 2.75) is 71.1 Å². The van der Waals surface area contributed by atoms with Gasteiger partial charge in [0.25, 0.3) is 0 Å². The molecular formula is C21H34O4. The van der Waals surface area contributed by atoms with Gasteiger partial charge in [0.2, 0.25) is 0 Å². The van der Waals surface area contributed by atoms with Gasteiger partial charge in [-0.15, -0.1) is 0 Å². The number of carboxylic acids is 1. The molecule has 0 fully saturated rings. The van der Waals surface area contributed by atoms with Crippen molar-refractivity contribution < 1.29 is 19.4 Å². The van der Waals surface area contributed by atoms with Gasteiger partial charge in [0.15, 0.2) is 0 Å². The number of hydrogen-bond acceptors (Lipinski definition) is 3. The first-order valence-corrected chi connectivity index (χ1v) is 9.78. The standard InChI is InChI=1S/C21H34O4/c1-2-3-4-5-6-7-8-9-10-11-16-24-17-18-25-20-14-12-19(13-15-20)21(22)23/h12-15H,2-11,16-18H2,1H3,(H,22,23). The Hall–Kier alpha value is -1.55. The number of carboxylic acid groups (broad SMARTS) is 1. The van der Waals surface area contributed by atoms with Crippen LogP contribution in [0.15, 0.2) is 24.3 Å². The van der Waals surface area contributed by atoms with Crippen LogP contribution in [0.5, 0.6) is 5.75 Å². The molecule has 4 nitrogen and oxygen atoms in total. The van der Waals surface area contributed by atoms with E-state index < -0.39 is 5.97 Å². The maximum atomic E-state index is 10.7. The minimum absolute atomic E-state index is 0.268. The van der Waals surface area contributed by atoms with Crippen molar-refractivity contribution in [3.8, 4) is 5.75 Å². The summed E-state index contributed by atoms with van der Waals surface area (Å²) in [6.45, 7) is 4.10. The van der Waals surface area contributed by atoms with Crippen LogP contribution >= 0.6 is 0 Å². The fraction of sp³-hybridized carbons (Fsp3) is 0.667. The lowest BCUT2D eigenvalue weighted by Crippen LogP contribution is -2.07. The molecule has 0 spiro atoms. The quantitative estimate of drug-likeness (QED) is 0.388. The van der Waals surface area contributed by atoms with Gasteiger partial charge in [0.05, 0.1) is 12.2 Å². The van der Waals surface area contributed by atoms with Gasteiger partial charge < -0.3 is 14.6 Å². The SMILES string of the molecule is CCCCCCCCCCCCOCCOc1ccc(C(=O)O)cc1. The summed E-state index contributed by atoms with van der Waals surface area (Å²) in [5, 5.41) is 8.82. The van der Waals surface area contributed by atoms with E-state index in [0.29, 0.717) is 19.0 Å². The van der Waals surface area contributed by atoms with Crippen molar-refractivity contribution in [1.82, 2.24) is 0 Å². The van der Waals surface area contributed by atoms with Crippen LogP contribution in [0.3, 0.4) is 0 Å². The Bertz CT molecular complexity index is 442. The third kappa shape index (κ3) is 11.6. The van der Waals surface area contributed by atoms with E-state index in [4.69, 9.17) is 14.6 Å². The van der Waals surface area contributed by atoms with E-state index >= 15 is 0 Å². The second-order valence-electron chi connectivity index (χ2n) is 6.47. The number of benzene rings is 1. The van der Waals surface area contributed by atoms with Crippen molar-refractivity contribution >= 4 is 5.97 Å². The van der Waals surface area contributed by atoms with Gasteiger partial charge in [-0.25, -0.2) is 4.79 Å². The molecule has 0 unspecified atom stereocenters. The Balaban J connectivity index is 1.85. The average Bonchev–Trinajstić information content (AvgIpc) is 2.62. The highest BCUT2D eigenvalue weighted by Crippen LogP contribution is 2.12. The zero-order valence-corrected chi connectivity index (χ0v) is 15.7. The molecule has 0 aliphatic rings. The van der Waals surface area contributed by atoms with E-state index in [1.807, 2.05) is 0 Å². The van der Waals surface area contributed by atoms with Gasteiger partial charge in [-0.2, -0.15) is 0 Å². The van der Waals surface area contributed by atoms with E-state index in [2.05, 4.69) is 6.92 Å². The topological polar surface area (TPSA) is 55.8 Å². The third-order valence-electron chi connectivity index (χ3n) is 4.24. The zero-order valence-electron chi connectivity index (χ0n) is 15.7. The van der Waals surface area contributed by atoms with Crippen LogP contribution in [0.2, 0.25) is 0 Å². The Kier molecular flexibility index (Phi) is 12.7. The summed E-state index contributed by atoms with van der Waals surface area (Å²) in [5.41, 5.74) is 0.268. The Labute approximate surface area is 152 Å². The molecule has 0 aliphatic heterocycles. The number of ether oxygens (including phenoxy) is 2. The minimum atomic E-state index is -0.925. The van der Waals surface area contributed by atoms with Crippen molar-refractivity contribution in [3.63, 3.8) is 0 Å². The molecule has 0 radical (unpaired) electrons. The Morgan fingerprint density at radius 3 is 1.92 bits per heavy atom. The molecule has 25 heavy (non-hydrogen) atoms. The predicted molar refractivity (Wildman–Crippen MR) is 102 cm³/mol. The molecule has 0 saturated heterocycles. The van der Waals surface area contributed by atoms with Crippen molar-refractivity contribution in [2.75, 3.05) is 19.8 Å². The maximum Gasteiger partial charge on any atom is 0.335 e. The molecular weight excluding hydrogens is 316 g/mol. The molecule has 1 aromatic carbocycles. The molecule has 0 aliphatic carbocycles. The molecule has 1 rings (SSSR count). The van der Waals surface area contributed by atoms with Gasteiger partial charge in [-0.05, 0) is 30.7 Å². The summed E-state index contributed by atoms with van der Waals surface area (Å²) in [4.78, 5) is 10.7. The van der Waals surface area contributed by atoms with E-state index in [9.17, 15) is 4.79 Å². The number of unbranched alkanes of at least 4 members (excludes halogenated alkanes) is 9. The van der Waals surface area contributed by atoms with E-state index in [0.717, 1.165) is 13.0 Å². The van der Waals surface area contributed by atoms with E-state index in [-0.39, 0.29) is 5.56 Å². The first kappa shape index (κ1) is 21.5. The first-order valence-electron chi connectivity index (χ1n) is 9.78. The fourth-order valence-corrected chi connectivity index (χ4v) is 2.71. The monoisotopic (exact) mass is 350 g/mol. The largest absolute Gasteiger partial charge is 0.491 e. The Morgan fingerprint density at radius 1 is 0.800 bits per heavy atom. The van der Waals surface area contributed by atoms with Crippen LogP contribution in [0, 0.1) is 0 Å². The molecule has 0 heterocycles. The smallest absolute Gasteiger partial charge is 0.335 e. The van der Waals surface area contributed by atoms with Gasteiger partial charge in [0.1, 0.15) is 12.4 Å². The highest BCUT2D eigenvalue weighted by molar-refractivity contribution is 5.87. The molecule has 4 heteroatoms. The maximum absolute atomic E-state index is 10.7. The average molecular weight is 350 g/mol. The van der Waals surface area contributed by atoms with Crippen LogP contribution in [-0.2, 0) is 4.74 Å². The second kappa shape index (κ2) is 14.8. The normalized spacial score (nSPS) is 10.8. The zero-order chi connectivity index (χ0) is 18.2. The highest BCUT2D eigenvalue weighted by Gasteiger charge is 2.02. The number of aromatic carboxylic acids is 1. The minimum Gasteiger partial charge on any atom is -0.491 e. The predicted octanol–water partition coefficient (Wildman–Crippen LogP) is 5.70. The number of hydrogen-bond donors (Lipinski definition) is 1. The molecule has 0 amide bonds. The second-order valence-corrected chi connectivity index (χ2v) is 6.47. The molecule has 1 aromatic rings. The summed E-state index contributed by atoms with van der Waals surface area (Å²) in [6, 6.07) is 6.43. The van der Waals surface area contributed by atoms with Gasteiger partial charge in [0, 0.05) is 6.61 Å². The molecule has 0 bridgehead atoms. The van der Waals surface area contributed by atoms with E-state index in [1.165, 1.54) is 57.8 Å². The number of carbonyl (C=O) groups is 1. The summed E-state index contributed by atoms with van der Waals surface area (Å²) in [6.07, 6.45) is 13.3.